The van der Waals surface area contributed by atoms with E-state index in [9.17, 15) is 13.5 Å². The van der Waals surface area contributed by atoms with Crippen molar-refractivity contribution >= 4 is 9.84 Å². The van der Waals surface area contributed by atoms with Crippen LogP contribution in [0.15, 0.2) is 59.6 Å². The highest BCUT2D eigenvalue weighted by atomic mass is 32.2. The molecule has 6 nitrogen and oxygen atoms in total. The van der Waals surface area contributed by atoms with E-state index >= 15 is 0 Å². The number of rotatable bonds is 4. The molecule has 0 atom stereocenters. The average molecular weight is 344 g/mol. The molecular weight excluding hydrogens is 328 g/mol. The van der Waals surface area contributed by atoms with Gasteiger partial charge in [-0.2, -0.15) is 5.10 Å². The van der Waals surface area contributed by atoms with Gasteiger partial charge in [0, 0.05) is 17.9 Å². The molecule has 0 saturated carbocycles. The zero-order chi connectivity index (χ0) is 17.3. The third-order valence-electron chi connectivity index (χ3n) is 3.55. The topological polar surface area (TPSA) is 81.4 Å². The molecule has 1 heterocycles. The maximum absolute atomic E-state index is 11.9. The maximum atomic E-state index is 11.9. The van der Waals surface area contributed by atoms with Gasteiger partial charge in [0.15, 0.2) is 14.9 Å². The lowest BCUT2D eigenvalue weighted by molar-refractivity contribution is 0.414. The molecule has 124 valence electrons. The molecule has 3 rings (SSSR count). The number of phenolic OH excluding ortho intramolecular Hbond substituents is 1. The number of ether oxygens (including phenoxy) is 1. The van der Waals surface area contributed by atoms with Crippen LogP contribution in [0.2, 0.25) is 0 Å². The number of benzene rings is 2. The van der Waals surface area contributed by atoms with Gasteiger partial charge in [-0.15, -0.1) is 0 Å². The normalized spacial score (nSPS) is 11.4. The van der Waals surface area contributed by atoms with Gasteiger partial charge >= 0.3 is 0 Å². The number of nitrogens with zero attached hydrogens (tertiary/aromatic N) is 2. The molecule has 0 amide bonds. The minimum absolute atomic E-state index is 0.0126. The van der Waals surface area contributed by atoms with Crippen molar-refractivity contribution in [3.63, 3.8) is 0 Å². The SMILES string of the molecule is COc1ccc(-n2nc(S(C)(=O)=O)cc2-c2ccc(O)cc2)cc1. The van der Waals surface area contributed by atoms with E-state index in [-0.39, 0.29) is 10.8 Å². The van der Waals surface area contributed by atoms with Gasteiger partial charge in [-0.05, 0) is 48.5 Å². The minimum atomic E-state index is -3.45. The number of hydrogen-bond acceptors (Lipinski definition) is 5. The van der Waals surface area contributed by atoms with Gasteiger partial charge in [0.25, 0.3) is 0 Å². The Kier molecular flexibility index (Phi) is 4.02. The number of hydrogen-bond donors (Lipinski definition) is 1. The van der Waals surface area contributed by atoms with Crippen molar-refractivity contribution in [2.24, 2.45) is 0 Å². The van der Waals surface area contributed by atoms with Crippen molar-refractivity contribution in [1.29, 1.82) is 0 Å². The first-order valence-electron chi connectivity index (χ1n) is 7.12. The zero-order valence-corrected chi connectivity index (χ0v) is 14.0. The van der Waals surface area contributed by atoms with Crippen molar-refractivity contribution in [3.8, 4) is 28.4 Å². The van der Waals surface area contributed by atoms with E-state index in [2.05, 4.69) is 5.10 Å². The van der Waals surface area contributed by atoms with Gasteiger partial charge < -0.3 is 9.84 Å². The molecule has 0 bridgehead atoms. The summed E-state index contributed by atoms with van der Waals surface area (Å²) in [5.41, 5.74) is 2.06. The fourth-order valence-corrected chi connectivity index (χ4v) is 2.85. The molecule has 0 fully saturated rings. The lowest BCUT2D eigenvalue weighted by Crippen LogP contribution is -2.02. The van der Waals surface area contributed by atoms with E-state index in [1.165, 1.54) is 6.07 Å². The summed E-state index contributed by atoms with van der Waals surface area (Å²) in [6.45, 7) is 0. The second-order valence-corrected chi connectivity index (χ2v) is 7.26. The third kappa shape index (κ3) is 3.11. The summed E-state index contributed by atoms with van der Waals surface area (Å²) in [7, 11) is -1.87. The summed E-state index contributed by atoms with van der Waals surface area (Å²) in [5.74, 6) is 0.832. The van der Waals surface area contributed by atoms with Crippen LogP contribution in [-0.4, -0.2) is 36.7 Å². The van der Waals surface area contributed by atoms with Crippen molar-refractivity contribution in [2.75, 3.05) is 13.4 Å². The Labute approximate surface area is 139 Å². The maximum Gasteiger partial charge on any atom is 0.194 e. The minimum Gasteiger partial charge on any atom is -0.508 e. The number of phenols is 1. The molecule has 0 aliphatic rings. The Morgan fingerprint density at radius 1 is 1.04 bits per heavy atom. The Morgan fingerprint density at radius 3 is 2.21 bits per heavy atom. The van der Waals surface area contributed by atoms with Crippen molar-refractivity contribution < 1.29 is 18.3 Å². The van der Waals surface area contributed by atoms with E-state index in [4.69, 9.17) is 4.74 Å². The van der Waals surface area contributed by atoms with Crippen LogP contribution in [-0.2, 0) is 9.84 Å². The quantitative estimate of drug-likeness (QED) is 0.787. The van der Waals surface area contributed by atoms with Crippen LogP contribution in [0, 0.1) is 0 Å². The lowest BCUT2D eigenvalue weighted by atomic mass is 10.1. The molecule has 0 aliphatic heterocycles. The molecular formula is C17H16N2O4S. The Hall–Kier alpha value is -2.80. The van der Waals surface area contributed by atoms with Gasteiger partial charge in [-0.3, -0.25) is 0 Å². The highest BCUT2D eigenvalue weighted by Crippen LogP contribution is 2.27. The highest BCUT2D eigenvalue weighted by Gasteiger charge is 2.18. The van der Waals surface area contributed by atoms with Crippen LogP contribution in [0.1, 0.15) is 0 Å². The molecule has 0 unspecified atom stereocenters. The summed E-state index contributed by atoms with van der Waals surface area (Å²) >= 11 is 0. The van der Waals surface area contributed by atoms with E-state index in [0.29, 0.717) is 17.1 Å². The van der Waals surface area contributed by atoms with Crippen LogP contribution in [0.3, 0.4) is 0 Å². The van der Waals surface area contributed by atoms with Gasteiger partial charge in [0.05, 0.1) is 18.5 Å². The van der Waals surface area contributed by atoms with Crippen LogP contribution < -0.4 is 4.74 Å². The van der Waals surface area contributed by atoms with Gasteiger partial charge in [-0.1, -0.05) is 0 Å². The first kappa shape index (κ1) is 16.1. The van der Waals surface area contributed by atoms with Crippen LogP contribution >= 0.6 is 0 Å². The molecule has 7 heteroatoms. The summed E-state index contributed by atoms with van der Waals surface area (Å²) in [4.78, 5) is 0. The highest BCUT2D eigenvalue weighted by molar-refractivity contribution is 7.90. The molecule has 24 heavy (non-hydrogen) atoms. The molecule has 0 aliphatic carbocycles. The molecule has 0 saturated heterocycles. The Morgan fingerprint density at radius 2 is 1.67 bits per heavy atom. The standard InChI is InChI=1S/C17H16N2O4S/c1-23-15-9-5-13(6-10-15)19-16(11-17(18-19)24(2,21)22)12-3-7-14(20)8-4-12/h3-11,20H,1-2H3. The molecule has 0 spiro atoms. The molecule has 1 aromatic heterocycles. The van der Waals surface area contributed by atoms with Crippen LogP contribution in [0.5, 0.6) is 11.5 Å². The van der Waals surface area contributed by atoms with Crippen molar-refractivity contribution in [1.82, 2.24) is 9.78 Å². The summed E-state index contributed by atoms with van der Waals surface area (Å²) in [5, 5.41) is 13.7. The number of aromatic hydroxyl groups is 1. The molecule has 0 radical (unpaired) electrons. The number of sulfone groups is 1. The van der Waals surface area contributed by atoms with Gasteiger partial charge in [0.2, 0.25) is 0 Å². The van der Waals surface area contributed by atoms with Crippen molar-refractivity contribution in [2.45, 2.75) is 5.03 Å². The number of aromatic nitrogens is 2. The molecule has 1 N–H and O–H groups in total. The predicted octanol–water partition coefficient (Wildman–Crippen LogP) is 2.66. The molecule has 3 aromatic rings. The van der Waals surface area contributed by atoms with E-state index in [1.54, 1.807) is 60.3 Å². The van der Waals surface area contributed by atoms with Crippen LogP contribution in [0.25, 0.3) is 16.9 Å². The zero-order valence-electron chi connectivity index (χ0n) is 13.2. The molecule has 2 aromatic carbocycles. The Balaban J connectivity index is 2.19. The van der Waals surface area contributed by atoms with Crippen LogP contribution in [0.4, 0.5) is 0 Å². The van der Waals surface area contributed by atoms with E-state index in [1.807, 2.05) is 0 Å². The predicted molar refractivity (Wildman–Crippen MR) is 90.3 cm³/mol. The summed E-state index contributed by atoms with van der Waals surface area (Å²) in [6.07, 6.45) is 1.12. The van der Waals surface area contributed by atoms with E-state index < -0.39 is 9.84 Å². The van der Waals surface area contributed by atoms with Gasteiger partial charge in [0.1, 0.15) is 11.5 Å². The second-order valence-electron chi connectivity index (χ2n) is 5.30. The largest absolute Gasteiger partial charge is 0.508 e. The van der Waals surface area contributed by atoms with Gasteiger partial charge in [-0.25, -0.2) is 13.1 Å². The Bertz CT molecular complexity index is 959. The lowest BCUT2D eigenvalue weighted by Gasteiger charge is -2.08. The monoisotopic (exact) mass is 344 g/mol. The summed E-state index contributed by atoms with van der Waals surface area (Å²) < 4.78 is 30.5. The fraction of sp³-hybridized carbons (Fsp3) is 0.118. The second kappa shape index (κ2) is 6.01. The first-order chi connectivity index (χ1) is 11.4. The first-order valence-corrected chi connectivity index (χ1v) is 9.01. The third-order valence-corrected chi connectivity index (χ3v) is 4.51. The average Bonchev–Trinajstić information content (AvgIpc) is 3.01. The van der Waals surface area contributed by atoms with E-state index in [0.717, 1.165) is 11.8 Å². The summed E-state index contributed by atoms with van der Waals surface area (Å²) in [6, 6.07) is 15.2. The fourth-order valence-electron chi connectivity index (χ4n) is 2.30. The van der Waals surface area contributed by atoms with Crippen molar-refractivity contribution in [3.05, 3.63) is 54.6 Å². The smallest absolute Gasteiger partial charge is 0.194 e. The number of methoxy groups -OCH3 is 1.